The quantitative estimate of drug-likeness (QED) is 0.947. The lowest BCUT2D eigenvalue weighted by atomic mass is 10.1. The third-order valence-corrected chi connectivity index (χ3v) is 3.96. The van der Waals surface area contributed by atoms with Gasteiger partial charge in [0.05, 0.1) is 0 Å². The van der Waals surface area contributed by atoms with Crippen molar-refractivity contribution in [2.24, 2.45) is 0 Å². The van der Waals surface area contributed by atoms with Gasteiger partial charge in [0.25, 0.3) is 5.91 Å². The first-order chi connectivity index (χ1) is 11.1. The first kappa shape index (κ1) is 15.2. The van der Waals surface area contributed by atoms with Crippen LogP contribution in [0.15, 0.2) is 48.5 Å². The summed E-state index contributed by atoms with van der Waals surface area (Å²) >= 11 is 0. The average molecular weight is 312 g/mol. The molecule has 1 heterocycles. The molecule has 0 aliphatic carbocycles. The molecule has 3 rings (SSSR count). The lowest BCUT2D eigenvalue weighted by Gasteiger charge is -2.22. The highest BCUT2D eigenvalue weighted by Gasteiger charge is 2.28. The molecule has 0 saturated carbocycles. The molecule has 0 aromatic heterocycles. The van der Waals surface area contributed by atoms with Crippen LogP contribution in [-0.4, -0.2) is 24.4 Å². The van der Waals surface area contributed by atoms with E-state index >= 15 is 0 Å². The van der Waals surface area contributed by atoms with Crippen molar-refractivity contribution < 1.29 is 14.0 Å². The fourth-order valence-electron chi connectivity index (χ4n) is 2.77. The van der Waals surface area contributed by atoms with E-state index in [1.54, 1.807) is 11.8 Å². The Hall–Kier alpha value is -2.69. The van der Waals surface area contributed by atoms with Crippen molar-refractivity contribution >= 4 is 17.5 Å². The summed E-state index contributed by atoms with van der Waals surface area (Å²) in [5.74, 6) is -1.11. The van der Waals surface area contributed by atoms with E-state index < -0.39 is 17.8 Å². The molecule has 1 aliphatic heterocycles. The second-order valence-corrected chi connectivity index (χ2v) is 5.57. The normalized spacial score (nSPS) is 14.3. The van der Waals surface area contributed by atoms with Crippen molar-refractivity contribution in [2.75, 3.05) is 11.4 Å². The number of fused-ring (bicyclic) bond motifs is 1. The predicted octanol–water partition coefficient (Wildman–Crippen LogP) is 2.53. The minimum atomic E-state index is -0.683. The Bertz CT molecular complexity index is 760. The number of amides is 2. The van der Waals surface area contributed by atoms with E-state index in [9.17, 15) is 14.0 Å². The zero-order chi connectivity index (χ0) is 16.4. The van der Waals surface area contributed by atoms with E-state index in [-0.39, 0.29) is 11.5 Å². The van der Waals surface area contributed by atoms with Crippen molar-refractivity contribution in [1.82, 2.24) is 5.32 Å². The van der Waals surface area contributed by atoms with Gasteiger partial charge >= 0.3 is 0 Å². The fourth-order valence-corrected chi connectivity index (χ4v) is 2.77. The summed E-state index contributed by atoms with van der Waals surface area (Å²) < 4.78 is 13.2. The lowest BCUT2D eigenvalue weighted by molar-refractivity contribution is -0.119. The summed E-state index contributed by atoms with van der Waals surface area (Å²) in [6.07, 6.45) is 0.812. The molecular formula is C18H17FN2O2. The molecule has 1 N–H and O–H groups in total. The van der Waals surface area contributed by atoms with Gasteiger partial charge in [0.15, 0.2) is 0 Å². The molecular weight excluding hydrogens is 295 g/mol. The van der Waals surface area contributed by atoms with E-state index in [2.05, 4.69) is 5.32 Å². The van der Waals surface area contributed by atoms with Gasteiger partial charge in [-0.3, -0.25) is 9.59 Å². The number of carbonyl (C=O) groups is 2. The first-order valence-electron chi connectivity index (χ1n) is 7.52. The molecule has 23 heavy (non-hydrogen) atoms. The number of hydrogen-bond donors (Lipinski definition) is 1. The maximum absolute atomic E-state index is 13.2. The van der Waals surface area contributed by atoms with Gasteiger partial charge in [-0.25, -0.2) is 4.39 Å². The number of benzene rings is 2. The monoisotopic (exact) mass is 312 g/mol. The Kier molecular flexibility index (Phi) is 4.10. The van der Waals surface area contributed by atoms with Gasteiger partial charge in [0.2, 0.25) is 5.91 Å². The second kappa shape index (κ2) is 6.20. The summed E-state index contributed by atoms with van der Waals surface area (Å²) in [6.45, 7) is 2.25. The SMILES string of the molecule is C[C@H](NC(=O)c1cccc(F)c1)C(=O)N1CCc2ccccc21. The Morgan fingerprint density at radius 1 is 1.17 bits per heavy atom. The molecule has 0 bridgehead atoms. The number of nitrogens with one attached hydrogen (secondary N) is 1. The van der Waals surface area contributed by atoms with Crippen LogP contribution >= 0.6 is 0 Å². The second-order valence-electron chi connectivity index (χ2n) is 5.57. The molecule has 4 nitrogen and oxygen atoms in total. The third-order valence-electron chi connectivity index (χ3n) is 3.96. The van der Waals surface area contributed by atoms with Gasteiger partial charge in [0.1, 0.15) is 11.9 Å². The molecule has 0 radical (unpaired) electrons. The van der Waals surface area contributed by atoms with Crippen molar-refractivity contribution in [3.05, 3.63) is 65.5 Å². The van der Waals surface area contributed by atoms with Crippen LogP contribution in [-0.2, 0) is 11.2 Å². The molecule has 0 unspecified atom stereocenters. The highest BCUT2D eigenvalue weighted by molar-refractivity contribution is 6.03. The van der Waals surface area contributed by atoms with E-state index in [0.717, 1.165) is 23.7 Å². The standard InChI is InChI=1S/C18H17FN2O2/c1-12(20-17(22)14-6-4-7-15(19)11-14)18(23)21-10-9-13-5-2-3-8-16(13)21/h2-8,11-12H,9-10H2,1H3,(H,20,22)/t12-/m0/s1. The largest absolute Gasteiger partial charge is 0.341 e. The van der Waals surface area contributed by atoms with Crippen molar-refractivity contribution in [3.63, 3.8) is 0 Å². The predicted molar refractivity (Wildman–Crippen MR) is 85.8 cm³/mol. The van der Waals surface area contributed by atoms with E-state index in [1.165, 1.54) is 18.2 Å². The van der Waals surface area contributed by atoms with E-state index in [4.69, 9.17) is 0 Å². The number of halogens is 1. The highest BCUT2D eigenvalue weighted by atomic mass is 19.1. The summed E-state index contributed by atoms with van der Waals surface area (Å²) in [4.78, 5) is 26.4. The van der Waals surface area contributed by atoms with E-state index in [1.807, 2.05) is 24.3 Å². The van der Waals surface area contributed by atoms with Gasteiger partial charge in [0, 0.05) is 17.8 Å². The topological polar surface area (TPSA) is 49.4 Å². The number of anilines is 1. The Balaban J connectivity index is 1.70. The molecule has 1 atom stereocenters. The van der Waals surface area contributed by atoms with Crippen LogP contribution in [0.4, 0.5) is 10.1 Å². The van der Waals surface area contributed by atoms with Crippen molar-refractivity contribution in [3.8, 4) is 0 Å². The van der Waals surface area contributed by atoms with Crippen molar-refractivity contribution in [1.29, 1.82) is 0 Å². The third kappa shape index (κ3) is 3.08. The Labute approximate surface area is 133 Å². The summed E-state index contributed by atoms with van der Waals surface area (Å²) in [5, 5.41) is 2.63. The minimum absolute atomic E-state index is 0.167. The molecule has 2 amide bonds. The number of rotatable bonds is 3. The van der Waals surface area contributed by atoms with Crippen LogP contribution in [0.2, 0.25) is 0 Å². The van der Waals surface area contributed by atoms with Crippen molar-refractivity contribution in [2.45, 2.75) is 19.4 Å². The molecule has 1 aliphatic rings. The summed E-state index contributed by atoms with van der Waals surface area (Å²) in [5.41, 5.74) is 2.22. The van der Waals surface area contributed by atoms with Crippen LogP contribution in [0.25, 0.3) is 0 Å². The van der Waals surface area contributed by atoms with Crippen LogP contribution < -0.4 is 10.2 Å². The number of nitrogens with zero attached hydrogens (tertiary/aromatic N) is 1. The lowest BCUT2D eigenvalue weighted by Crippen LogP contribution is -2.46. The van der Waals surface area contributed by atoms with Gasteiger partial charge in [-0.15, -0.1) is 0 Å². The molecule has 118 valence electrons. The zero-order valence-electron chi connectivity index (χ0n) is 12.8. The van der Waals surface area contributed by atoms with Gasteiger partial charge in [-0.05, 0) is 43.2 Å². The smallest absolute Gasteiger partial charge is 0.252 e. The maximum Gasteiger partial charge on any atom is 0.252 e. The summed E-state index contributed by atoms with van der Waals surface area (Å²) in [7, 11) is 0. The van der Waals surface area contributed by atoms with Crippen LogP contribution in [0.1, 0.15) is 22.8 Å². The number of para-hydroxylation sites is 1. The molecule has 0 fully saturated rings. The highest BCUT2D eigenvalue weighted by Crippen LogP contribution is 2.27. The van der Waals surface area contributed by atoms with Crippen LogP contribution in [0.3, 0.4) is 0 Å². The number of hydrogen-bond acceptors (Lipinski definition) is 2. The first-order valence-corrected chi connectivity index (χ1v) is 7.52. The molecule has 0 saturated heterocycles. The van der Waals surface area contributed by atoms with E-state index in [0.29, 0.717) is 6.54 Å². The maximum atomic E-state index is 13.2. The molecule has 0 spiro atoms. The molecule has 5 heteroatoms. The minimum Gasteiger partial charge on any atom is -0.341 e. The number of carbonyl (C=O) groups excluding carboxylic acids is 2. The van der Waals surface area contributed by atoms with Gasteiger partial charge in [-0.1, -0.05) is 24.3 Å². The molecule has 2 aromatic rings. The zero-order valence-corrected chi connectivity index (χ0v) is 12.8. The van der Waals surface area contributed by atoms with Crippen LogP contribution in [0.5, 0.6) is 0 Å². The molecule has 2 aromatic carbocycles. The Morgan fingerprint density at radius 3 is 2.74 bits per heavy atom. The Morgan fingerprint density at radius 2 is 1.96 bits per heavy atom. The van der Waals surface area contributed by atoms with Crippen LogP contribution in [0, 0.1) is 5.82 Å². The van der Waals surface area contributed by atoms with Gasteiger partial charge in [-0.2, -0.15) is 0 Å². The average Bonchev–Trinajstić information content (AvgIpc) is 2.98. The summed E-state index contributed by atoms with van der Waals surface area (Å²) in [6, 6.07) is 12.5. The fraction of sp³-hybridized carbons (Fsp3) is 0.222. The van der Waals surface area contributed by atoms with Gasteiger partial charge < -0.3 is 10.2 Å².